The first-order valence-corrected chi connectivity index (χ1v) is 13.0. The lowest BCUT2D eigenvalue weighted by Gasteiger charge is -2.27. The van der Waals surface area contributed by atoms with Gasteiger partial charge >= 0.3 is 11.9 Å². The predicted molar refractivity (Wildman–Crippen MR) is 141 cm³/mol. The van der Waals surface area contributed by atoms with Gasteiger partial charge in [-0.1, -0.05) is 57.2 Å². The first kappa shape index (κ1) is 26.0. The normalized spacial score (nSPS) is 18.4. The van der Waals surface area contributed by atoms with Crippen LogP contribution in [-0.2, 0) is 18.1 Å². The van der Waals surface area contributed by atoms with Gasteiger partial charge in [0.15, 0.2) is 0 Å². The SMILES string of the molecule is CC(C)(C)c1cc(C(=O)N2CC3C[C@@H]2c2c(O)n(-c4cccc(C(F)(F)F)c4)c(=O)n23)n(Cc2ccccc2)n1. The Bertz CT molecular complexity index is 1680. The third kappa shape index (κ3) is 4.11. The third-order valence-electron chi connectivity index (χ3n) is 7.69. The van der Waals surface area contributed by atoms with Gasteiger partial charge in [-0.25, -0.2) is 9.36 Å². The number of imidazole rings is 1. The summed E-state index contributed by atoms with van der Waals surface area (Å²) in [4.78, 5) is 28.9. The van der Waals surface area contributed by atoms with Crippen molar-refractivity contribution < 1.29 is 23.1 Å². The first-order chi connectivity index (χ1) is 18.8. The van der Waals surface area contributed by atoms with Gasteiger partial charge in [-0.05, 0) is 36.2 Å². The van der Waals surface area contributed by atoms with E-state index in [1.165, 1.54) is 16.7 Å². The number of carbonyl (C=O) groups is 1. The summed E-state index contributed by atoms with van der Waals surface area (Å²) in [5.41, 5.74) is 0.414. The fraction of sp³-hybridized carbons (Fsp3) is 0.345. The van der Waals surface area contributed by atoms with Crippen LogP contribution < -0.4 is 5.69 Å². The molecule has 2 aromatic carbocycles. The molecule has 0 saturated carbocycles. The second-order valence-electron chi connectivity index (χ2n) is 11.4. The first-order valence-electron chi connectivity index (χ1n) is 13.0. The van der Waals surface area contributed by atoms with Crippen LogP contribution >= 0.6 is 0 Å². The Balaban J connectivity index is 1.38. The number of benzene rings is 2. The number of likely N-dealkylation sites (tertiary alicyclic amines) is 1. The van der Waals surface area contributed by atoms with E-state index in [9.17, 15) is 27.9 Å². The van der Waals surface area contributed by atoms with Crippen LogP contribution in [0.2, 0.25) is 0 Å². The molecule has 0 spiro atoms. The van der Waals surface area contributed by atoms with Gasteiger partial charge in [-0.3, -0.25) is 14.0 Å². The molecule has 6 rings (SSSR count). The van der Waals surface area contributed by atoms with E-state index in [-0.39, 0.29) is 29.2 Å². The number of aromatic hydroxyl groups is 1. The Morgan fingerprint density at radius 3 is 2.45 bits per heavy atom. The topological polar surface area (TPSA) is 85.3 Å². The molecule has 2 aliphatic rings. The van der Waals surface area contributed by atoms with Crippen molar-refractivity contribution >= 4 is 5.91 Å². The molecule has 1 saturated heterocycles. The molecule has 208 valence electrons. The van der Waals surface area contributed by atoms with Gasteiger partial charge < -0.3 is 10.0 Å². The molecule has 2 aliphatic heterocycles. The number of carbonyl (C=O) groups excluding carboxylic acids is 1. The van der Waals surface area contributed by atoms with Crippen LogP contribution in [0.5, 0.6) is 5.88 Å². The number of alkyl halides is 3. The monoisotopic (exact) mass is 551 g/mol. The van der Waals surface area contributed by atoms with E-state index >= 15 is 0 Å². The molecular formula is C29H28F3N5O3. The molecule has 11 heteroatoms. The van der Waals surface area contributed by atoms with Crippen LogP contribution in [0.3, 0.4) is 0 Å². The Hall–Kier alpha value is -4.28. The van der Waals surface area contributed by atoms with Gasteiger partial charge in [0.1, 0.15) is 11.4 Å². The minimum atomic E-state index is -4.60. The fourth-order valence-electron chi connectivity index (χ4n) is 5.70. The molecule has 0 radical (unpaired) electrons. The second kappa shape index (κ2) is 8.87. The third-order valence-corrected chi connectivity index (χ3v) is 7.69. The number of fused-ring (bicyclic) bond motifs is 5. The zero-order valence-corrected chi connectivity index (χ0v) is 22.2. The average Bonchev–Trinajstić information content (AvgIpc) is 3.65. The number of nitrogens with zero attached hydrogens (tertiary/aromatic N) is 5. The number of aromatic nitrogens is 4. The number of rotatable bonds is 4. The lowest BCUT2D eigenvalue weighted by atomic mass is 9.92. The molecule has 40 heavy (non-hydrogen) atoms. The highest BCUT2D eigenvalue weighted by molar-refractivity contribution is 5.93. The number of amides is 1. The molecule has 2 bridgehead atoms. The number of hydrogen-bond donors (Lipinski definition) is 1. The zero-order chi connectivity index (χ0) is 28.6. The van der Waals surface area contributed by atoms with E-state index in [2.05, 4.69) is 0 Å². The Labute approximate surface area is 227 Å². The average molecular weight is 552 g/mol. The van der Waals surface area contributed by atoms with Crippen LogP contribution in [-0.4, -0.2) is 41.4 Å². The van der Waals surface area contributed by atoms with Gasteiger partial charge in [0, 0.05) is 12.0 Å². The second-order valence-corrected chi connectivity index (χ2v) is 11.4. The number of hydrogen-bond acceptors (Lipinski definition) is 4. The van der Waals surface area contributed by atoms with Crippen LogP contribution in [0.15, 0.2) is 65.5 Å². The van der Waals surface area contributed by atoms with Crippen molar-refractivity contribution in [2.45, 2.75) is 57.4 Å². The summed E-state index contributed by atoms with van der Waals surface area (Å²) in [6.45, 7) is 6.68. The van der Waals surface area contributed by atoms with Crippen molar-refractivity contribution in [1.29, 1.82) is 0 Å². The van der Waals surface area contributed by atoms with E-state index in [4.69, 9.17) is 5.10 Å². The summed E-state index contributed by atoms with van der Waals surface area (Å²) in [5.74, 6) is -0.737. The van der Waals surface area contributed by atoms with E-state index in [0.717, 1.165) is 28.0 Å². The molecular weight excluding hydrogens is 523 g/mol. The van der Waals surface area contributed by atoms with E-state index in [1.807, 2.05) is 51.1 Å². The maximum absolute atomic E-state index is 14.0. The maximum Gasteiger partial charge on any atom is 0.416 e. The molecule has 1 N–H and O–H groups in total. The smallest absolute Gasteiger partial charge is 0.416 e. The molecule has 1 amide bonds. The van der Waals surface area contributed by atoms with Crippen LogP contribution in [0.1, 0.15) is 72.3 Å². The lowest BCUT2D eigenvalue weighted by Crippen LogP contribution is -2.38. The summed E-state index contributed by atoms with van der Waals surface area (Å²) in [5, 5.41) is 15.9. The van der Waals surface area contributed by atoms with Gasteiger partial charge in [0.25, 0.3) is 5.91 Å². The van der Waals surface area contributed by atoms with Crippen LogP contribution in [0.4, 0.5) is 13.2 Å². The summed E-state index contributed by atoms with van der Waals surface area (Å²) in [7, 11) is 0. The molecule has 8 nitrogen and oxygen atoms in total. The minimum absolute atomic E-state index is 0.0905. The fourth-order valence-corrected chi connectivity index (χ4v) is 5.70. The molecule has 0 aliphatic carbocycles. The van der Waals surface area contributed by atoms with Crippen LogP contribution in [0.25, 0.3) is 5.69 Å². The quantitative estimate of drug-likeness (QED) is 0.385. The summed E-state index contributed by atoms with van der Waals surface area (Å²) in [6, 6.07) is 14.7. The van der Waals surface area contributed by atoms with Gasteiger partial charge in [0.2, 0.25) is 5.88 Å². The molecule has 1 unspecified atom stereocenters. The van der Waals surface area contributed by atoms with Crippen molar-refractivity contribution in [1.82, 2.24) is 23.8 Å². The minimum Gasteiger partial charge on any atom is -0.493 e. The zero-order valence-electron chi connectivity index (χ0n) is 22.2. The van der Waals surface area contributed by atoms with E-state index < -0.39 is 35.4 Å². The Morgan fingerprint density at radius 2 is 1.77 bits per heavy atom. The van der Waals surface area contributed by atoms with Crippen molar-refractivity contribution in [3.05, 3.63) is 99.4 Å². The highest BCUT2D eigenvalue weighted by Crippen LogP contribution is 2.49. The van der Waals surface area contributed by atoms with Crippen LogP contribution in [0, 0.1) is 0 Å². The maximum atomic E-state index is 14.0. The Morgan fingerprint density at radius 1 is 1.05 bits per heavy atom. The molecule has 2 aromatic heterocycles. The van der Waals surface area contributed by atoms with E-state index in [0.29, 0.717) is 18.7 Å². The molecule has 2 atom stereocenters. The van der Waals surface area contributed by atoms with E-state index in [1.54, 1.807) is 15.6 Å². The standard InChI is InChI=1S/C29H28F3N5O3/c1-28(2,3)23-14-22(35(33-23)15-17-8-5-4-6-9-17)25(38)34-16-20-13-21(34)24-26(39)37(27(40)36(20)24)19-11-7-10-18(12-19)29(30,31)32/h4-12,14,20-21,39H,13,15-16H2,1-3H3/t20?,21-/m1/s1. The van der Waals surface area contributed by atoms with Gasteiger partial charge in [0.05, 0.1) is 35.6 Å². The van der Waals surface area contributed by atoms with Gasteiger partial charge in [-0.15, -0.1) is 0 Å². The van der Waals surface area contributed by atoms with Crippen molar-refractivity contribution in [3.63, 3.8) is 0 Å². The van der Waals surface area contributed by atoms with Crippen molar-refractivity contribution in [2.75, 3.05) is 6.54 Å². The van der Waals surface area contributed by atoms with Crippen molar-refractivity contribution in [2.24, 2.45) is 0 Å². The molecule has 4 heterocycles. The highest BCUT2D eigenvalue weighted by atomic mass is 19.4. The van der Waals surface area contributed by atoms with Gasteiger partial charge in [-0.2, -0.15) is 18.3 Å². The summed E-state index contributed by atoms with van der Waals surface area (Å²) in [6.07, 6.45) is -4.17. The Kier molecular flexibility index (Phi) is 5.76. The van der Waals surface area contributed by atoms with Crippen molar-refractivity contribution in [3.8, 4) is 11.6 Å². The number of halogens is 3. The largest absolute Gasteiger partial charge is 0.493 e. The predicted octanol–water partition coefficient (Wildman–Crippen LogP) is 5.05. The summed E-state index contributed by atoms with van der Waals surface area (Å²) < 4.78 is 43.9. The molecule has 1 fully saturated rings. The summed E-state index contributed by atoms with van der Waals surface area (Å²) >= 11 is 0. The lowest BCUT2D eigenvalue weighted by molar-refractivity contribution is -0.137. The highest BCUT2D eigenvalue weighted by Gasteiger charge is 2.50. The molecule has 4 aromatic rings.